The molecule has 2 rings (SSSR count). The molecule has 1 aliphatic carbocycles. The van der Waals surface area contributed by atoms with E-state index in [0.717, 1.165) is 11.3 Å². The number of carbonyl (C=O) groups is 1. The highest BCUT2D eigenvalue weighted by molar-refractivity contribution is 5.81. The SMILES string of the molecule is COc1ccc(CNC(=O)C2C=CC(N)C2)c(OC)c1. The number of nitrogens with two attached hydrogens (primary N) is 1. The van der Waals surface area contributed by atoms with Gasteiger partial charge in [-0.2, -0.15) is 0 Å². The van der Waals surface area contributed by atoms with E-state index < -0.39 is 0 Å². The van der Waals surface area contributed by atoms with Crippen molar-refractivity contribution in [3.63, 3.8) is 0 Å². The molecule has 2 atom stereocenters. The Bertz CT molecular complexity index is 514. The van der Waals surface area contributed by atoms with E-state index in [-0.39, 0.29) is 17.9 Å². The van der Waals surface area contributed by atoms with Crippen molar-refractivity contribution in [2.45, 2.75) is 19.0 Å². The summed E-state index contributed by atoms with van der Waals surface area (Å²) in [7, 11) is 3.20. The maximum atomic E-state index is 12.0. The van der Waals surface area contributed by atoms with Crippen molar-refractivity contribution >= 4 is 5.91 Å². The van der Waals surface area contributed by atoms with E-state index in [1.807, 2.05) is 24.3 Å². The molecule has 2 unspecified atom stereocenters. The third kappa shape index (κ3) is 3.30. The van der Waals surface area contributed by atoms with E-state index in [1.165, 1.54) is 0 Å². The average Bonchev–Trinajstić information content (AvgIpc) is 2.91. The van der Waals surface area contributed by atoms with Gasteiger partial charge < -0.3 is 20.5 Å². The Balaban J connectivity index is 1.97. The fourth-order valence-corrected chi connectivity index (χ4v) is 2.23. The smallest absolute Gasteiger partial charge is 0.227 e. The largest absolute Gasteiger partial charge is 0.497 e. The fraction of sp³-hybridized carbons (Fsp3) is 0.400. The van der Waals surface area contributed by atoms with Crippen LogP contribution in [-0.2, 0) is 11.3 Å². The minimum atomic E-state index is -0.130. The van der Waals surface area contributed by atoms with Gasteiger partial charge in [0.25, 0.3) is 0 Å². The van der Waals surface area contributed by atoms with Crippen LogP contribution in [0.4, 0.5) is 0 Å². The summed E-state index contributed by atoms with van der Waals surface area (Å²) in [5, 5.41) is 2.91. The maximum Gasteiger partial charge on any atom is 0.227 e. The summed E-state index contributed by atoms with van der Waals surface area (Å²) >= 11 is 0. The maximum absolute atomic E-state index is 12.0. The monoisotopic (exact) mass is 276 g/mol. The Morgan fingerprint density at radius 1 is 1.35 bits per heavy atom. The van der Waals surface area contributed by atoms with Gasteiger partial charge in [-0.3, -0.25) is 4.79 Å². The molecule has 20 heavy (non-hydrogen) atoms. The van der Waals surface area contributed by atoms with Crippen LogP contribution >= 0.6 is 0 Å². The van der Waals surface area contributed by atoms with Crippen molar-refractivity contribution < 1.29 is 14.3 Å². The minimum absolute atomic E-state index is 0.00734. The molecule has 5 nitrogen and oxygen atoms in total. The fourth-order valence-electron chi connectivity index (χ4n) is 2.23. The van der Waals surface area contributed by atoms with Crippen LogP contribution in [0.3, 0.4) is 0 Å². The molecule has 0 heterocycles. The number of amides is 1. The number of hydrogen-bond donors (Lipinski definition) is 2. The number of hydrogen-bond acceptors (Lipinski definition) is 4. The molecule has 1 amide bonds. The first kappa shape index (κ1) is 14.4. The molecule has 3 N–H and O–H groups in total. The van der Waals surface area contributed by atoms with Gasteiger partial charge in [0.2, 0.25) is 5.91 Å². The van der Waals surface area contributed by atoms with Gasteiger partial charge in [-0.15, -0.1) is 0 Å². The average molecular weight is 276 g/mol. The second kappa shape index (κ2) is 6.43. The van der Waals surface area contributed by atoms with Crippen molar-refractivity contribution in [2.24, 2.45) is 11.7 Å². The van der Waals surface area contributed by atoms with E-state index in [0.29, 0.717) is 18.7 Å². The lowest BCUT2D eigenvalue weighted by molar-refractivity contribution is -0.123. The second-order valence-electron chi connectivity index (χ2n) is 4.79. The number of benzene rings is 1. The molecule has 0 fully saturated rings. The number of carbonyl (C=O) groups excluding carboxylic acids is 1. The molecule has 5 heteroatoms. The van der Waals surface area contributed by atoms with Crippen LogP contribution in [0.25, 0.3) is 0 Å². The summed E-state index contributed by atoms with van der Waals surface area (Å²) in [5.41, 5.74) is 6.66. The predicted molar refractivity (Wildman–Crippen MR) is 76.6 cm³/mol. The van der Waals surface area contributed by atoms with E-state index >= 15 is 0 Å². The number of ether oxygens (including phenoxy) is 2. The third-order valence-electron chi connectivity index (χ3n) is 3.40. The Kier molecular flexibility index (Phi) is 4.63. The van der Waals surface area contributed by atoms with Gasteiger partial charge >= 0.3 is 0 Å². The lowest BCUT2D eigenvalue weighted by Gasteiger charge is -2.13. The molecule has 0 saturated carbocycles. The number of nitrogens with one attached hydrogen (secondary N) is 1. The predicted octanol–water partition coefficient (Wildman–Crippen LogP) is 1.22. The molecular formula is C15H20N2O3. The Morgan fingerprint density at radius 2 is 2.15 bits per heavy atom. The van der Waals surface area contributed by atoms with Crippen LogP contribution in [0.15, 0.2) is 30.4 Å². The zero-order valence-electron chi connectivity index (χ0n) is 11.8. The van der Waals surface area contributed by atoms with Crippen LogP contribution in [-0.4, -0.2) is 26.2 Å². The summed E-state index contributed by atoms with van der Waals surface area (Å²) < 4.78 is 10.4. The summed E-state index contributed by atoms with van der Waals surface area (Å²) in [6, 6.07) is 5.51. The van der Waals surface area contributed by atoms with Crippen molar-refractivity contribution in [1.82, 2.24) is 5.32 Å². The molecule has 0 spiro atoms. The van der Waals surface area contributed by atoms with Crippen LogP contribution in [0.2, 0.25) is 0 Å². The van der Waals surface area contributed by atoms with Crippen molar-refractivity contribution in [2.75, 3.05) is 14.2 Å². The molecule has 1 aromatic rings. The van der Waals surface area contributed by atoms with Gasteiger partial charge in [0.1, 0.15) is 11.5 Å². The zero-order chi connectivity index (χ0) is 14.5. The summed E-state index contributed by atoms with van der Waals surface area (Å²) in [6.45, 7) is 0.422. The molecule has 0 bridgehead atoms. The molecule has 0 aliphatic heterocycles. The zero-order valence-corrected chi connectivity index (χ0v) is 11.8. The van der Waals surface area contributed by atoms with Crippen LogP contribution in [0.1, 0.15) is 12.0 Å². The first-order valence-corrected chi connectivity index (χ1v) is 6.56. The molecule has 1 aliphatic rings. The summed E-state index contributed by atoms with van der Waals surface area (Å²) in [4.78, 5) is 12.0. The quantitative estimate of drug-likeness (QED) is 0.793. The van der Waals surface area contributed by atoms with Gasteiger partial charge in [-0.05, 0) is 18.6 Å². The van der Waals surface area contributed by atoms with Gasteiger partial charge in [0, 0.05) is 24.2 Å². The first-order chi connectivity index (χ1) is 9.63. The second-order valence-corrected chi connectivity index (χ2v) is 4.79. The van der Waals surface area contributed by atoms with Crippen molar-refractivity contribution in [3.05, 3.63) is 35.9 Å². The topological polar surface area (TPSA) is 73.6 Å². The highest BCUT2D eigenvalue weighted by Gasteiger charge is 2.22. The molecule has 108 valence electrons. The van der Waals surface area contributed by atoms with Gasteiger partial charge in [-0.25, -0.2) is 0 Å². The molecule has 0 saturated heterocycles. The normalized spacial score (nSPS) is 20.8. The molecule has 0 aromatic heterocycles. The van der Waals surface area contributed by atoms with E-state index in [2.05, 4.69) is 5.32 Å². The Hall–Kier alpha value is -2.01. The minimum Gasteiger partial charge on any atom is -0.497 e. The van der Waals surface area contributed by atoms with E-state index in [4.69, 9.17) is 15.2 Å². The van der Waals surface area contributed by atoms with Crippen molar-refractivity contribution in [1.29, 1.82) is 0 Å². The highest BCUT2D eigenvalue weighted by atomic mass is 16.5. The Labute approximate surface area is 118 Å². The molecule has 1 aromatic carbocycles. The summed E-state index contributed by atoms with van der Waals surface area (Å²) in [5.74, 6) is 1.28. The van der Waals surface area contributed by atoms with Gasteiger partial charge in [-0.1, -0.05) is 12.2 Å². The third-order valence-corrected chi connectivity index (χ3v) is 3.40. The highest BCUT2D eigenvalue weighted by Crippen LogP contribution is 2.24. The van der Waals surface area contributed by atoms with Crippen LogP contribution in [0, 0.1) is 5.92 Å². The summed E-state index contributed by atoms with van der Waals surface area (Å²) in [6.07, 6.45) is 4.41. The standard InChI is InChI=1S/C15H20N2O3/c1-19-13-6-4-11(14(8-13)20-2)9-17-15(18)10-3-5-12(16)7-10/h3-6,8,10,12H,7,9,16H2,1-2H3,(H,17,18). The van der Waals surface area contributed by atoms with E-state index in [1.54, 1.807) is 20.3 Å². The number of rotatable bonds is 5. The van der Waals surface area contributed by atoms with E-state index in [9.17, 15) is 4.79 Å². The Morgan fingerprint density at radius 3 is 2.75 bits per heavy atom. The molecule has 0 radical (unpaired) electrons. The molecular weight excluding hydrogens is 256 g/mol. The van der Waals surface area contributed by atoms with Gasteiger partial charge in [0.15, 0.2) is 0 Å². The van der Waals surface area contributed by atoms with Gasteiger partial charge in [0.05, 0.1) is 20.1 Å². The number of methoxy groups -OCH3 is 2. The van der Waals surface area contributed by atoms with Crippen LogP contribution < -0.4 is 20.5 Å². The lowest BCUT2D eigenvalue weighted by Crippen LogP contribution is -2.30. The lowest BCUT2D eigenvalue weighted by atomic mass is 10.1. The van der Waals surface area contributed by atoms with Crippen LogP contribution in [0.5, 0.6) is 11.5 Å². The van der Waals surface area contributed by atoms with Crippen molar-refractivity contribution in [3.8, 4) is 11.5 Å². The first-order valence-electron chi connectivity index (χ1n) is 6.56.